The fraction of sp³-hybridized carbons (Fsp3) is 0.200. The monoisotopic (exact) mass is 363 g/mol. The highest BCUT2D eigenvalue weighted by atomic mass is 35.5. The number of amides is 1. The fourth-order valence-corrected chi connectivity index (χ4v) is 2.65. The molecule has 3 aromatic rings. The lowest BCUT2D eigenvalue weighted by atomic mass is 10.1. The van der Waals surface area contributed by atoms with E-state index in [0.717, 1.165) is 11.1 Å². The predicted octanol–water partition coefficient (Wildman–Crippen LogP) is 2.01. The first-order valence-electron chi connectivity index (χ1n) is 7.19. The van der Waals surface area contributed by atoms with Crippen LogP contribution >= 0.6 is 11.6 Å². The molecule has 25 heavy (non-hydrogen) atoms. The molecule has 2 heterocycles. The number of nitrogens with zero attached hydrogens (tertiary/aromatic N) is 3. The molecule has 0 spiro atoms. The fourth-order valence-electron chi connectivity index (χ4n) is 2.49. The minimum atomic E-state index is -1.32. The van der Waals surface area contributed by atoms with Gasteiger partial charge in [-0.3, -0.25) is 19.8 Å². The molecule has 0 saturated carbocycles. The van der Waals surface area contributed by atoms with Crippen LogP contribution in [0.3, 0.4) is 0 Å². The number of hydrogen-bond donors (Lipinski definition) is 3. The van der Waals surface area contributed by atoms with Crippen molar-refractivity contribution in [3.05, 3.63) is 45.9 Å². The van der Waals surface area contributed by atoms with E-state index in [2.05, 4.69) is 15.1 Å². The zero-order chi connectivity index (χ0) is 18.0. The highest BCUT2D eigenvalue weighted by Gasteiger charge is 2.14. The Balaban J connectivity index is 2.03. The Morgan fingerprint density at radius 3 is 2.96 bits per heavy atom. The van der Waals surface area contributed by atoms with Gasteiger partial charge in [-0.05, 0) is 17.7 Å². The Morgan fingerprint density at radius 1 is 1.48 bits per heavy atom. The maximum absolute atomic E-state index is 12.3. The molecule has 9 nitrogen and oxygen atoms in total. The molecule has 3 rings (SSSR count). The van der Waals surface area contributed by atoms with Gasteiger partial charge in [-0.1, -0.05) is 6.07 Å². The van der Waals surface area contributed by atoms with Gasteiger partial charge in [0.1, 0.15) is 11.3 Å². The molecular weight excluding hydrogens is 350 g/mol. The molecule has 0 aliphatic rings. The summed E-state index contributed by atoms with van der Waals surface area (Å²) in [6.45, 7) is 0.272. The molecule has 2 aromatic heterocycles. The van der Waals surface area contributed by atoms with Gasteiger partial charge in [0.2, 0.25) is 5.95 Å². The minimum absolute atomic E-state index is 0.161. The molecular formula is C15H14ClN5O4. The second-order valence-electron chi connectivity index (χ2n) is 5.16. The van der Waals surface area contributed by atoms with Crippen molar-refractivity contribution in [1.29, 1.82) is 0 Å². The van der Waals surface area contributed by atoms with Crippen LogP contribution in [0.1, 0.15) is 11.1 Å². The SMILES string of the molecule is COc1ccc(CCl)cc1Cn1ncc2nc(NC(=O)O)[nH]c(=O)c21. The maximum Gasteiger partial charge on any atom is 0.411 e. The first kappa shape index (κ1) is 16.8. The van der Waals surface area contributed by atoms with Crippen molar-refractivity contribution in [3.8, 4) is 5.75 Å². The molecule has 3 N–H and O–H groups in total. The van der Waals surface area contributed by atoms with Crippen molar-refractivity contribution in [2.24, 2.45) is 0 Å². The molecule has 0 bridgehead atoms. The van der Waals surface area contributed by atoms with Crippen LogP contribution in [0, 0.1) is 0 Å². The lowest BCUT2D eigenvalue weighted by Gasteiger charge is -2.10. The third kappa shape index (κ3) is 3.41. The Morgan fingerprint density at radius 2 is 2.28 bits per heavy atom. The molecule has 1 aromatic carbocycles. The van der Waals surface area contributed by atoms with Crippen LogP contribution in [0.4, 0.5) is 10.7 Å². The molecule has 0 radical (unpaired) electrons. The smallest absolute Gasteiger partial charge is 0.411 e. The van der Waals surface area contributed by atoms with E-state index < -0.39 is 11.7 Å². The Labute approximate surface area is 146 Å². The molecule has 0 saturated heterocycles. The summed E-state index contributed by atoms with van der Waals surface area (Å²) in [6.07, 6.45) is 0.0766. The Kier molecular flexibility index (Phi) is 4.57. The van der Waals surface area contributed by atoms with Gasteiger partial charge in [0.25, 0.3) is 5.56 Å². The number of alkyl halides is 1. The molecule has 1 amide bonds. The van der Waals surface area contributed by atoms with Crippen LogP contribution in [-0.4, -0.2) is 38.1 Å². The van der Waals surface area contributed by atoms with E-state index in [1.54, 1.807) is 13.2 Å². The lowest BCUT2D eigenvalue weighted by Crippen LogP contribution is -2.18. The van der Waals surface area contributed by atoms with E-state index in [9.17, 15) is 9.59 Å². The van der Waals surface area contributed by atoms with E-state index in [1.165, 1.54) is 10.9 Å². The summed E-state index contributed by atoms with van der Waals surface area (Å²) in [6, 6.07) is 5.53. The number of aromatic amines is 1. The highest BCUT2D eigenvalue weighted by Crippen LogP contribution is 2.22. The summed E-state index contributed by atoms with van der Waals surface area (Å²) in [5.41, 5.74) is 1.72. The molecule has 0 atom stereocenters. The molecule has 130 valence electrons. The predicted molar refractivity (Wildman–Crippen MR) is 91.4 cm³/mol. The van der Waals surface area contributed by atoms with Crippen LogP contribution in [0.5, 0.6) is 5.75 Å². The first-order chi connectivity index (χ1) is 12.0. The van der Waals surface area contributed by atoms with E-state index in [4.69, 9.17) is 21.4 Å². The zero-order valence-corrected chi connectivity index (χ0v) is 13.9. The number of halogens is 1. The summed E-state index contributed by atoms with van der Waals surface area (Å²) in [5.74, 6) is 0.834. The van der Waals surface area contributed by atoms with Gasteiger partial charge in [0.15, 0.2) is 5.52 Å². The summed E-state index contributed by atoms with van der Waals surface area (Å²) < 4.78 is 6.81. The van der Waals surface area contributed by atoms with Crippen LogP contribution in [0.15, 0.2) is 29.2 Å². The molecule has 10 heteroatoms. The van der Waals surface area contributed by atoms with Gasteiger partial charge in [0.05, 0.1) is 19.9 Å². The van der Waals surface area contributed by atoms with Gasteiger partial charge in [-0.2, -0.15) is 5.10 Å². The minimum Gasteiger partial charge on any atom is -0.496 e. The second-order valence-corrected chi connectivity index (χ2v) is 5.43. The molecule has 0 unspecified atom stereocenters. The number of fused-ring (bicyclic) bond motifs is 1. The second kappa shape index (κ2) is 6.81. The van der Waals surface area contributed by atoms with Gasteiger partial charge >= 0.3 is 6.09 Å². The molecule has 0 fully saturated rings. The van der Waals surface area contributed by atoms with Crippen molar-refractivity contribution in [2.45, 2.75) is 12.4 Å². The van der Waals surface area contributed by atoms with Gasteiger partial charge in [0, 0.05) is 11.4 Å². The third-order valence-electron chi connectivity index (χ3n) is 3.54. The Hall–Kier alpha value is -3.07. The standard InChI is InChI=1S/C15H14ClN5O4/c1-25-11-3-2-8(5-16)4-9(11)7-21-12-10(6-17-21)18-14(19-13(12)22)20-15(23)24/h2-4,6H,5,7H2,1H3,(H,23,24)(H2,18,19,20,22). The number of carboxylic acid groups (broad SMARTS) is 1. The highest BCUT2D eigenvalue weighted by molar-refractivity contribution is 6.17. The normalized spacial score (nSPS) is 10.8. The van der Waals surface area contributed by atoms with Crippen molar-refractivity contribution in [2.75, 3.05) is 12.4 Å². The number of hydrogen-bond acceptors (Lipinski definition) is 5. The van der Waals surface area contributed by atoms with Gasteiger partial charge in [-0.15, -0.1) is 11.6 Å². The number of anilines is 1. The van der Waals surface area contributed by atoms with E-state index in [-0.39, 0.29) is 23.5 Å². The Bertz CT molecular complexity index is 997. The van der Waals surface area contributed by atoms with Crippen LogP contribution in [0.2, 0.25) is 0 Å². The van der Waals surface area contributed by atoms with Crippen molar-refractivity contribution < 1.29 is 14.6 Å². The largest absolute Gasteiger partial charge is 0.496 e. The number of ether oxygens (including phenoxy) is 1. The van der Waals surface area contributed by atoms with Gasteiger partial charge in [-0.25, -0.2) is 9.78 Å². The first-order valence-corrected chi connectivity index (χ1v) is 7.73. The van der Waals surface area contributed by atoms with E-state index >= 15 is 0 Å². The summed E-state index contributed by atoms with van der Waals surface area (Å²) >= 11 is 5.87. The van der Waals surface area contributed by atoms with E-state index in [1.807, 2.05) is 17.4 Å². The number of H-pyrrole nitrogens is 1. The molecule has 0 aliphatic carbocycles. The van der Waals surface area contributed by atoms with Crippen LogP contribution < -0.4 is 15.6 Å². The van der Waals surface area contributed by atoms with Crippen LogP contribution in [0.25, 0.3) is 11.0 Å². The quantitative estimate of drug-likeness (QED) is 0.596. The zero-order valence-electron chi connectivity index (χ0n) is 13.1. The summed E-state index contributed by atoms with van der Waals surface area (Å²) in [5, 5.41) is 14.9. The van der Waals surface area contributed by atoms with Gasteiger partial charge < -0.3 is 9.84 Å². The molecule has 0 aliphatic heterocycles. The third-order valence-corrected chi connectivity index (χ3v) is 3.85. The van der Waals surface area contributed by atoms with Crippen molar-refractivity contribution in [3.63, 3.8) is 0 Å². The topological polar surface area (TPSA) is 122 Å². The number of carbonyl (C=O) groups is 1. The number of aromatic nitrogens is 4. The summed E-state index contributed by atoms with van der Waals surface area (Å²) in [7, 11) is 1.55. The van der Waals surface area contributed by atoms with Crippen molar-refractivity contribution in [1.82, 2.24) is 19.7 Å². The number of rotatable bonds is 5. The maximum atomic E-state index is 12.3. The lowest BCUT2D eigenvalue weighted by molar-refractivity contribution is 0.209. The number of methoxy groups -OCH3 is 1. The average Bonchev–Trinajstić information content (AvgIpc) is 2.97. The average molecular weight is 364 g/mol. The number of benzene rings is 1. The number of nitrogens with one attached hydrogen (secondary N) is 2. The van der Waals surface area contributed by atoms with Crippen molar-refractivity contribution >= 4 is 34.7 Å². The summed E-state index contributed by atoms with van der Waals surface area (Å²) in [4.78, 5) is 29.4. The van der Waals surface area contributed by atoms with Crippen LogP contribution in [-0.2, 0) is 12.4 Å². The van der Waals surface area contributed by atoms with E-state index in [0.29, 0.717) is 11.6 Å².